The number of likely N-dealkylation sites (tertiary alicyclic amines) is 1. The fourth-order valence-electron chi connectivity index (χ4n) is 3.05. The molecule has 1 fully saturated rings. The minimum Gasteiger partial charge on any atom is -0.342 e. The summed E-state index contributed by atoms with van der Waals surface area (Å²) in [6, 6.07) is 1.71. The molecule has 0 bridgehead atoms. The van der Waals surface area contributed by atoms with Crippen LogP contribution in [0.25, 0.3) is 0 Å². The highest BCUT2D eigenvalue weighted by Crippen LogP contribution is 2.20. The third-order valence-corrected chi connectivity index (χ3v) is 3.86. The van der Waals surface area contributed by atoms with Crippen LogP contribution in [-0.4, -0.2) is 46.1 Å². The van der Waals surface area contributed by atoms with Crippen LogP contribution in [0.3, 0.4) is 0 Å². The molecule has 0 spiro atoms. The summed E-state index contributed by atoms with van der Waals surface area (Å²) in [6.07, 6.45) is 1.16. The minimum absolute atomic E-state index is 0.0133. The Bertz CT molecular complexity index is 528. The monoisotopic (exact) mass is 292 g/mol. The standard InChI is InChI=1S/C15H24N4O2/c1-10-5-11(2)9-19(8-10)14(20)7-16-15(21)13-6-12(3)17-18(13)4/h6,10-11H,5,7-9H2,1-4H3,(H,16,21). The number of hydrogen-bond acceptors (Lipinski definition) is 3. The third kappa shape index (κ3) is 3.83. The average molecular weight is 292 g/mol. The van der Waals surface area contributed by atoms with E-state index in [2.05, 4.69) is 24.3 Å². The van der Waals surface area contributed by atoms with Gasteiger partial charge in [-0.25, -0.2) is 0 Å². The van der Waals surface area contributed by atoms with E-state index >= 15 is 0 Å². The maximum absolute atomic E-state index is 12.2. The van der Waals surface area contributed by atoms with Crippen LogP contribution >= 0.6 is 0 Å². The maximum atomic E-state index is 12.2. The van der Waals surface area contributed by atoms with Crippen LogP contribution in [0.15, 0.2) is 6.07 Å². The molecule has 6 nitrogen and oxygen atoms in total. The number of aryl methyl sites for hydroxylation is 2. The van der Waals surface area contributed by atoms with Crippen LogP contribution in [0, 0.1) is 18.8 Å². The summed E-state index contributed by atoms with van der Waals surface area (Å²) in [5.74, 6) is 0.770. The van der Waals surface area contributed by atoms with Crippen molar-refractivity contribution in [1.29, 1.82) is 0 Å². The van der Waals surface area contributed by atoms with Gasteiger partial charge >= 0.3 is 0 Å². The number of piperidine rings is 1. The normalized spacial score (nSPS) is 22.2. The van der Waals surface area contributed by atoms with Gasteiger partial charge < -0.3 is 10.2 Å². The average Bonchev–Trinajstić information content (AvgIpc) is 2.73. The molecule has 1 aliphatic heterocycles. The van der Waals surface area contributed by atoms with Crippen LogP contribution in [0.5, 0.6) is 0 Å². The first-order chi connectivity index (χ1) is 9.86. The molecule has 1 N–H and O–H groups in total. The highest BCUT2D eigenvalue weighted by Gasteiger charge is 2.25. The van der Waals surface area contributed by atoms with E-state index in [-0.39, 0.29) is 18.4 Å². The molecule has 2 rings (SSSR count). The number of nitrogens with one attached hydrogen (secondary N) is 1. The zero-order valence-electron chi connectivity index (χ0n) is 13.2. The fourth-order valence-corrected chi connectivity index (χ4v) is 3.05. The van der Waals surface area contributed by atoms with Crippen molar-refractivity contribution in [3.05, 3.63) is 17.5 Å². The Morgan fingerprint density at radius 3 is 2.48 bits per heavy atom. The van der Waals surface area contributed by atoms with Gasteiger partial charge in [0.25, 0.3) is 5.91 Å². The van der Waals surface area contributed by atoms with Crippen molar-refractivity contribution in [3.8, 4) is 0 Å². The Kier molecular flexibility index (Phi) is 4.65. The fraction of sp³-hybridized carbons (Fsp3) is 0.667. The second kappa shape index (κ2) is 6.28. The summed E-state index contributed by atoms with van der Waals surface area (Å²) in [7, 11) is 1.72. The van der Waals surface area contributed by atoms with Crippen LogP contribution < -0.4 is 5.32 Å². The first-order valence-electron chi connectivity index (χ1n) is 7.43. The summed E-state index contributed by atoms with van der Waals surface area (Å²) in [6.45, 7) is 7.76. The molecule has 2 unspecified atom stereocenters. The molecule has 0 aromatic carbocycles. The lowest BCUT2D eigenvalue weighted by Crippen LogP contribution is -2.47. The predicted octanol–water partition coefficient (Wildman–Crippen LogP) is 0.963. The van der Waals surface area contributed by atoms with Crippen molar-refractivity contribution >= 4 is 11.8 Å². The lowest BCUT2D eigenvalue weighted by atomic mass is 9.92. The summed E-state index contributed by atoms with van der Waals surface area (Å²) < 4.78 is 1.53. The number of rotatable bonds is 3. The van der Waals surface area contributed by atoms with E-state index in [1.807, 2.05) is 11.8 Å². The van der Waals surface area contributed by atoms with Gasteiger partial charge in [0.05, 0.1) is 12.2 Å². The van der Waals surface area contributed by atoms with Gasteiger partial charge in [0, 0.05) is 20.1 Å². The van der Waals surface area contributed by atoms with Gasteiger partial charge in [-0.15, -0.1) is 0 Å². The summed E-state index contributed by atoms with van der Waals surface area (Å²) in [5.41, 5.74) is 1.26. The number of carbonyl (C=O) groups excluding carboxylic acids is 2. The van der Waals surface area contributed by atoms with Crippen LogP contribution in [0.2, 0.25) is 0 Å². The Morgan fingerprint density at radius 2 is 1.95 bits per heavy atom. The van der Waals surface area contributed by atoms with Gasteiger partial charge in [-0.05, 0) is 31.2 Å². The van der Waals surface area contributed by atoms with Gasteiger partial charge in [0.15, 0.2) is 0 Å². The SMILES string of the molecule is Cc1cc(C(=O)NCC(=O)N2CC(C)CC(C)C2)n(C)n1. The molecule has 116 valence electrons. The second-order valence-electron chi connectivity index (χ2n) is 6.22. The highest BCUT2D eigenvalue weighted by molar-refractivity contribution is 5.95. The Labute approximate surface area is 125 Å². The van der Waals surface area contributed by atoms with Crippen LogP contribution in [0.4, 0.5) is 0 Å². The third-order valence-electron chi connectivity index (χ3n) is 3.86. The molecule has 21 heavy (non-hydrogen) atoms. The first kappa shape index (κ1) is 15.5. The van der Waals surface area contributed by atoms with E-state index < -0.39 is 0 Å². The first-order valence-corrected chi connectivity index (χ1v) is 7.43. The van der Waals surface area contributed by atoms with Crippen molar-refractivity contribution in [2.75, 3.05) is 19.6 Å². The van der Waals surface area contributed by atoms with Crippen LogP contribution in [-0.2, 0) is 11.8 Å². The molecule has 2 atom stereocenters. The number of amides is 2. The topological polar surface area (TPSA) is 67.2 Å². The Hall–Kier alpha value is -1.85. The van der Waals surface area contributed by atoms with Gasteiger partial charge in [0.2, 0.25) is 5.91 Å². The highest BCUT2D eigenvalue weighted by atomic mass is 16.2. The van der Waals surface area contributed by atoms with Crippen molar-refractivity contribution in [3.63, 3.8) is 0 Å². The van der Waals surface area contributed by atoms with Crippen molar-refractivity contribution in [2.24, 2.45) is 18.9 Å². The maximum Gasteiger partial charge on any atom is 0.269 e. The zero-order chi connectivity index (χ0) is 15.6. The molecule has 6 heteroatoms. The van der Waals surface area contributed by atoms with Gasteiger partial charge in [-0.2, -0.15) is 5.10 Å². The number of nitrogens with zero attached hydrogens (tertiary/aromatic N) is 3. The van der Waals surface area contributed by atoms with Crippen molar-refractivity contribution < 1.29 is 9.59 Å². The van der Waals surface area contributed by atoms with Crippen molar-refractivity contribution in [1.82, 2.24) is 20.0 Å². The molecule has 1 aromatic rings. The quantitative estimate of drug-likeness (QED) is 0.902. The molecule has 1 aromatic heterocycles. The Balaban J connectivity index is 1.89. The van der Waals surface area contributed by atoms with E-state index in [9.17, 15) is 9.59 Å². The summed E-state index contributed by atoms with van der Waals surface area (Å²) >= 11 is 0. The zero-order valence-corrected chi connectivity index (χ0v) is 13.2. The van der Waals surface area contributed by atoms with E-state index in [1.165, 1.54) is 4.68 Å². The molecule has 2 heterocycles. The largest absolute Gasteiger partial charge is 0.342 e. The lowest BCUT2D eigenvalue weighted by molar-refractivity contribution is -0.132. The molecule has 0 radical (unpaired) electrons. The molecule has 0 saturated carbocycles. The van der Waals surface area contributed by atoms with Gasteiger partial charge in [0.1, 0.15) is 5.69 Å². The van der Waals surface area contributed by atoms with E-state index in [0.717, 1.165) is 25.2 Å². The number of carbonyl (C=O) groups is 2. The molecular formula is C15H24N4O2. The molecule has 1 saturated heterocycles. The second-order valence-corrected chi connectivity index (χ2v) is 6.22. The van der Waals surface area contributed by atoms with Crippen LogP contribution in [0.1, 0.15) is 36.5 Å². The smallest absolute Gasteiger partial charge is 0.269 e. The van der Waals surface area contributed by atoms with E-state index in [1.54, 1.807) is 13.1 Å². The Morgan fingerprint density at radius 1 is 1.33 bits per heavy atom. The van der Waals surface area contributed by atoms with Crippen molar-refractivity contribution in [2.45, 2.75) is 27.2 Å². The molecule has 0 aliphatic carbocycles. The summed E-state index contributed by atoms with van der Waals surface area (Å²) in [5, 5.41) is 6.82. The number of aromatic nitrogens is 2. The molecular weight excluding hydrogens is 268 g/mol. The lowest BCUT2D eigenvalue weighted by Gasteiger charge is -2.35. The van der Waals surface area contributed by atoms with Gasteiger partial charge in [-0.3, -0.25) is 14.3 Å². The van der Waals surface area contributed by atoms with Gasteiger partial charge in [-0.1, -0.05) is 13.8 Å². The summed E-state index contributed by atoms with van der Waals surface area (Å²) in [4.78, 5) is 26.1. The predicted molar refractivity (Wildman–Crippen MR) is 79.8 cm³/mol. The molecule has 2 amide bonds. The van der Waals surface area contributed by atoms with E-state index in [4.69, 9.17) is 0 Å². The van der Waals surface area contributed by atoms with E-state index in [0.29, 0.717) is 17.5 Å². The molecule has 1 aliphatic rings. The number of hydrogen-bond donors (Lipinski definition) is 1. The minimum atomic E-state index is -0.260.